The van der Waals surface area contributed by atoms with Crippen LogP contribution in [-0.2, 0) is 33.3 Å². The number of aliphatic carboxylic acids is 2. The summed E-state index contributed by atoms with van der Waals surface area (Å²) >= 11 is 0. The van der Waals surface area contributed by atoms with Crippen LogP contribution in [0.2, 0.25) is 0 Å². The van der Waals surface area contributed by atoms with E-state index in [1.807, 2.05) is 0 Å². The van der Waals surface area contributed by atoms with E-state index in [-0.39, 0.29) is 29.1 Å². The number of ether oxygens (including phenoxy) is 5. The van der Waals surface area contributed by atoms with Crippen LogP contribution in [0.4, 0.5) is 0 Å². The van der Waals surface area contributed by atoms with E-state index in [0.29, 0.717) is 5.56 Å². The van der Waals surface area contributed by atoms with Crippen molar-refractivity contribution in [3.63, 3.8) is 0 Å². The molecule has 14 heteroatoms. The van der Waals surface area contributed by atoms with Crippen LogP contribution in [-0.4, -0.2) is 99.3 Å². The number of hydrogen-bond donors (Lipinski definition) is 6. The number of carboxylic acid groups (broad SMARTS) is 2. The molecule has 1 saturated heterocycles. The first-order chi connectivity index (χ1) is 19.0. The molecule has 1 aromatic carbocycles. The average molecular weight is 564 g/mol. The molecule has 3 aliphatic rings. The Labute approximate surface area is 226 Å². The van der Waals surface area contributed by atoms with Gasteiger partial charge in [-0.05, 0) is 30.2 Å². The number of aromatic hydroxyl groups is 1. The first-order valence-electron chi connectivity index (χ1n) is 12.1. The number of aliphatic hydroxyl groups excluding tert-OH is 3. The lowest BCUT2D eigenvalue weighted by Crippen LogP contribution is -2.60. The number of fused-ring (bicyclic) bond motifs is 1. The third-order valence-corrected chi connectivity index (χ3v) is 6.84. The van der Waals surface area contributed by atoms with Crippen LogP contribution >= 0.6 is 0 Å². The molecule has 1 aromatic rings. The topological polar surface area (TPSA) is 219 Å². The average Bonchev–Trinajstić information content (AvgIpc) is 3.38. The van der Waals surface area contributed by atoms with Crippen molar-refractivity contribution in [1.82, 2.24) is 0 Å². The number of phenolic OH excluding ortho intramolecular Hbond substituents is 1. The number of allylic oxidation sites excluding steroid dienone is 1. The van der Waals surface area contributed by atoms with Crippen LogP contribution in [0.1, 0.15) is 12.0 Å². The van der Waals surface area contributed by atoms with Gasteiger partial charge in [0.25, 0.3) is 0 Å². The summed E-state index contributed by atoms with van der Waals surface area (Å²) < 4.78 is 26.7. The van der Waals surface area contributed by atoms with E-state index in [4.69, 9.17) is 23.7 Å². The molecule has 2 aliphatic heterocycles. The van der Waals surface area contributed by atoms with Crippen molar-refractivity contribution in [2.24, 2.45) is 11.8 Å². The van der Waals surface area contributed by atoms with Crippen LogP contribution in [0.5, 0.6) is 11.5 Å². The van der Waals surface area contributed by atoms with Gasteiger partial charge < -0.3 is 54.3 Å². The van der Waals surface area contributed by atoms with Gasteiger partial charge in [-0.3, -0.25) is 0 Å². The highest BCUT2D eigenvalue weighted by molar-refractivity contribution is 5.91. The zero-order chi connectivity index (χ0) is 29.1. The number of rotatable bonds is 9. The number of esters is 1. The number of phenols is 1. The largest absolute Gasteiger partial charge is 0.504 e. The third kappa shape index (κ3) is 5.95. The van der Waals surface area contributed by atoms with Crippen LogP contribution in [0, 0.1) is 11.8 Å². The smallest absolute Gasteiger partial charge is 0.335 e. The highest BCUT2D eigenvalue weighted by Crippen LogP contribution is 2.44. The monoisotopic (exact) mass is 564 g/mol. The summed E-state index contributed by atoms with van der Waals surface area (Å²) in [6, 6.07) is 4.38. The maximum absolute atomic E-state index is 12.2. The van der Waals surface area contributed by atoms with Crippen molar-refractivity contribution in [3.05, 3.63) is 53.3 Å². The number of hydrogen-bond acceptors (Lipinski definition) is 12. The minimum Gasteiger partial charge on any atom is -0.504 e. The molecule has 216 valence electrons. The summed E-state index contributed by atoms with van der Waals surface area (Å²) in [7, 11) is 1.37. The molecule has 2 heterocycles. The summed E-state index contributed by atoms with van der Waals surface area (Å²) in [6.45, 7) is -0.562. The molecule has 4 rings (SSSR count). The Morgan fingerprint density at radius 2 is 1.75 bits per heavy atom. The molecule has 0 spiro atoms. The predicted molar refractivity (Wildman–Crippen MR) is 130 cm³/mol. The standard InChI is InChI=1S/C26H28O14/c1-36-16-8-11(2-6-15(16)27)3-7-18(28)37-10-17-20(29)21(30)22(31)26(39-17)40-25-19-12(4-5-13(19)23(32)33)14(9-38-25)24(34)35/h2-3,5-9,12,17,19-22,25-27,29-31H,4,10H2,1H3,(H,32,33)(H,34,35)/b7-3+/t12-,17-,19+,20-,21+,22-,25-,26+/m1/s1. The molecule has 40 heavy (non-hydrogen) atoms. The van der Waals surface area contributed by atoms with Gasteiger partial charge in [-0.15, -0.1) is 0 Å². The number of aliphatic hydroxyl groups is 3. The lowest BCUT2D eigenvalue weighted by molar-refractivity contribution is -0.339. The molecular formula is C26H28O14. The first-order valence-corrected chi connectivity index (χ1v) is 12.1. The van der Waals surface area contributed by atoms with Crippen LogP contribution < -0.4 is 4.74 Å². The normalized spacial score (nSPS) is 31.5. The van der Waals surface area contributed by atoms with E-state index in [9.17, 15) is 45.0 Å². The fourth-order valence-corrected chi connectivity index (χ4v) is 4.75. The van der Waals surface area contributed by atoms with Gasteiger partial charge >= 0.3 is 17.9 Å². The Kier molecular flexibility index (Phi) is 8.76. The van der Waals surface area contributed by atoms with Gasteiger partial charge in [0.05, 0.1) is 24.9 Å². The van der Waals surface area contributed by atoms with E-state index >= 15 is 0 Å². The number of carboxylic acids is 2. The number of methoxy groups -OCH3 is 1. The van der Waals surface area contributed by atoms with E-state index in [1.54, 1.807) is 0 Å². The second-order valence-corrected chi connectivity index (χ2v) is 9.26. The lowest BCUT2D eigenvalue weighted by Gasteiger charge is -2.42. The van der Waals surface area contributed by atoms with Crippen LogP contribution in [0.15, 0.2) is 47.8 Å². The highest BCUT2D eigenvalue weighted by Gasteiger charge is 2.51. The summed E-state index contributed by atoms with van der Waals surface area (Å²) in [5.41, 5.74) is 0.220. The van der Waals surface area contributed by atoms with E-state index in [1.165, 1.54) is 37.5 Å². The Morgan fingerprint density at radius 3 is 2.42 bits per heavy atom. The molecule has 0 radical (unpaired) electrons. The zero-order valence-corrected chi connectivity index (χ0v) is 21.0. The van der Waals surface area contributed by atoms with Gasteiger partial charge in [-0.1, -0.05) is 12.1 Å². The lowest BCUT2D eigenvalue weighted by atomic mass is 9.83. The molecule has 0 unspecified atom stereocenters. The summed E-state index contributed by atoms with van der Waals surface area (Å²) in [4.78, 5) is 35.6. The van der Waals surface area contributed by atoms with Crippen molar-refractivity contribution in [2.75, 3.05) is 13.7 Å². The minimum absolute atomic E-state index is 0.0844. The summed E-state index contributed by atoms with van der Waals surface area (Å²) in [6.07, 6.45) is -4.88. The Morgan fingerprint density at radius 1 is 1.02 bits per heavy atom. The first kappa shape index (κ1) is 29.0. The van der Waals surface area contributed by atoms with E-state index in [2.05, 4.69) is 0 Å². The Hall–Kier alpha value is -3.95. The molecule has 1 aliphatic carbocycles. The second kappa shape index (κ2) is 12.1. The van der Waals surface area contributed by atoms with Gasteiger partial charge in [0, 0.05) is 17.6 Å². The third-order valence-electron chi connectivity index (χ3n) is 6.84. The van der Waals surface area contributed by atoms with Crippen molar-refractivity contribution in [2.45, 2.75) is 43.4 Å². The van der Waals surface area contributed by atoms with Gasteiger partial charge in [0.1, 0.15) is 31.0 Å². The van der Waals surface area contributed by atoms with E-state index < -0.39 is 73.3 Å². The maximum Gasteiger partial charge on any atom is 0.335 e. The van der Waals surface area contributed by atoms with Crippen molar-refractivity contribution < 1.29 is 68.7 Å². The predicted octanol–water partition coefficient (Wildman–Crippen LogP) is -0.247. The molecule has 14 nitrogen and oxygen atoms in total. The fraction of sp³-hybridized carbons (Fsp3) is 0.423. The van der Waals surface area contributed by atoms with Crippen molar-refractivity contribution in [1.29, 1.82) is 0 Å². The SMILES string of the molecule is COc1cc(/C=C/C(=O)OC[C@H]2O[C@@H](O[C@H]3OC=C(C(=O)O)[C@H]4CC=C(C(=O)O)[C@@H]34)[C@H](O)[C@@H](O)[C@@H]2O)ccc1O. The number of carbonyl (C=O) groups is 3. The molecule has 6 N–H and O–H groups in total. The maximum atomic E-state index is 12.2. The fourth-order valence-electron chi connectivity index (χ4n) is 4.75. The van der Waals surface area contributed by atoms with Crippen molar-refractivity contribution >= 4 is 24.0 Å². The molecular weight excluding hydrogens is 536 g/mol. The molecule has 0 saturated carbocycles. The molecule has 0 bridgehead atoms. The molecule has 0 aromatic heterocycles. The summed E-state index contributed by atoms with van der Waals surface area (Å²) in [5.74, 6) is -5.17. The van der Waals surface area contributed by atoms with Gasteiger partial charge in [0.2, 0.25) is 6.29 Å². The second-order valence-electron chi connectivity index (χ2n) is 9.26. The zero-order valence-electron chi connectivity index (χ0n) is 21.0. The van der Waals surface area contributed by atoms with Gasteiger partial charge in [-0.25, -0.2) is 14.4 Å². The number of benzene rings is 1. The van der Waals surface area contributed by atoms with Crippen LogP contribution in [0.3, 0.4) is 0 Å². The quantitative estimate of drug-likeness (QED) is 0.168. The minimum atomic E-state index is -1.81. The highest BCUT2D eigenvalue weighted by atomic mass is 16.8. The number of carbonyl (C=O) groups excluding carboxylic acids is 1. The Balaban J connectivity index is 1.42. The molecule has 8 atom stereocenters. The van der Waals surface area contributed by atoms with E-state index in [0.717, 1.165) is 12.3 Å². The van der Waals surface area contributed by atoms with Gasteiger partial charge in [-0.2, -0.15) is 0 Å². The van der Waals surface area contributed by atoms with Gasteiger partial charge in [0.15, 0.2) is 17.8 Å². The molecule has 0 amide bonds. The Bertz CT molecular complexity index is 1240. The van der Waals surface area contributed by atoms with Crippen LogP contribution in [0.25, 0.3) is 6.08 Å². The molecule has 1 fully saturated rings. The van der Waals surface area contributed by atoms with Crippen molar-refractivity contribution in [3.8, 4) is 11.5 Å². The summed E-state index contributed by atoms with van der Waals surface area (Å²) in [5, 5.41) is 59.9.